The predicted molar refractivity (Wildman–Crippen MR) is 122 cm³/mol. The minimum Gasteiger partial charge on any atom is -0.402 e. The van der Waals surface area contributed by atoms with Gasteiger partial charge >= 0.3 is 0 Å². The van der Waals surface area contributed by atoms with Gasteiger partial charge in [0.05, 0.1) is 5.69 Å². The van der Waals surface area contributed by atoms with E-state index >= 15 is 0 Å². The Bertz CT molecular complexity index is 1010. The smallest absolute Gasteiger partial charge is 0.254 e. The van der Waals surface area contributed by atoms with Crippen molar-refractivity contribution in [3.8, 4) is 0 Å². The molecular formula is C25H30N4O. The summed E-state index contributed by atoms with van der Waals surface area (Å²) in [6, 6.07) is 8.79. The van der Waals surface area contributed by atoms with Gasteiger partial charge in [-0.25, -0.2) is 0 Å². The number of aryl methyl sites for hydroxylation is 1. The number of nitrogens with zero attached hydrogens (tertiary/aromatic N) is 3. The average molecular weight is 403 g/mol. The maximum Gasteiger partial charge on any atom is 0.254 e. The van der Waals surface area contributed by atoms with Gasteiger partial charge in [0.25, 0.3) is 5.91 Å². The molecule has 1 fully saturated rings. The number of rotatable bonds is 5. The summed E-state index contributed by atoms with van der Waals surface area (Å²) in [6.45, 7) is 4.76. The molecule has 1 aliphatic heterocycles. The van der Waals surface area contributed by atoms with E-state index in [9.17, 15) is 4.79 Å². The molecule has 156 valence electrons. The third-order valence-corrected chi connectivity index (χ3v) is 6.34. The minimum atomic E-state index is 0.207. The van der Waals surface area contributed by atoms with Crippen molar-refractivity contribution in [3.05, 3.63) is 69.7 Å². The normalized spacial score (nSPS) is 17.7. The van der Waals surface area contributed by atoms with Crippen LogP contribution in [0.4, 0.5) is 0 Å². The number of aliphatic imine (C=N–C) groups is 1. The number of amides is 1. The van der Waals surface area contributed by atoms with E-state index in [4.69, 9.17) is 5.73 Å². The topological polar surface area (TPSA) is 71.6 Å². The quantitative estimate of drug-likeness (QED) is 0.759. The van der Waals surface area contributed by atoms with Crippen LogP contribution < -0.4 is 5.73 Å². The SMILES string of the molecule is CN=CC(=C(C)N)c1ccc(Cc2cc3c(cc2C)CN(C2CCCC2)C3=O)cn1. The van der Waals surface area contributed by atoms with E-state index in [0.717, 1.165) is 48.2 Å². The fourth-order valence-corrected chi connectivity index (χ4v) is 4.66. The molecule has 1 amide bonds. The molecule has 4 rings (SSSR count). The number of allylic oxidation sites excluding steroid dienone is 2. The molecule has 0 bridgehead atoms. The van der Waals surface area contributed by atoms with Gasteiger partial charge in [-0.3, -0.25) is 14.8 Å². The fraction of sp³-hybridized carbons (Fsp3) is 0.400. The molecule has 0 unspecified atom stereocenters. The second kappa shape index (κ2) is 8.42. The second-order valence-electron chi connectivity index (χ2n) is 8.52. The second-order valence-corrected chi connectivity index (χ2v) is 8.52. The zero-order chi connectivity index (χ0) is 21.3. The molecule has 30 heavy (non-hydrogen) atoms. The first-order chi connectivity index (χ1) is 14.5. The highest BCUT2D eigenvalue weighted by Crippen LogP contribution is 2.33. The molecule has 2 heterocycles. The van der Waals surface area contributed by atoms with Gasteiger partial charge in [-0.2, -0.15) is 0 Å². The van der Waals surface area contributed by atoms with E-state index in [-0.39, 0.29) is 5.91 Å². The molecule has 0 radical (unpaired) electrons. The molecule has 5 nitrogen and oxygen atoms in total. The molecule has 2 N–H and O–H groups in total. The Hall–Kier alpha value is -2.95. The van der Waals surface area contributed by atoms with Crippen LogP contribution in [-0.2, 0) is 13.0 Å². The van der Waals surface area contributed by atoms with Crippen LogP contribution in [0.1, 0.15) is 70.9 Å². The Morgan fingerprint density at radius 3 is 2.70 bits per heavy atom. The van der Waals surface area contributed by atoms with Gasteiger partial charge in [0.2, 0.25) is 0 Å². The Balaban J connectivity index is 1.55. The third-order valence-electron chi connectivity index (χ3n) is 6.34. The van der Waals surface area contributed by atoms with Crippen LogP contribution in [0.2, 0.25) is 0 Å². The molecule has 1 aromatic carbocycles. The summed E-state index contributed by atoms with van der Waals surface area (Å²) in [5.41, 5.74) is 13.9. The zero-order valence-electron chi connectivity index (χ0n) is 18.1. The Kier molecular flexibility index (Phi) is 5.71. The number of hydrogen-bond donors (Lipinski definition) is 1. The first-order valence-electron chi connectivity index (χ1n) is 10.7. The van der Waals surface area contributed by atoms with E-state index < -0.39 is 0 Å². The van der Waals surface area contributed by atoms with E-state index in [1.165, 1.54) is 29.5 Å². The summed E-state index contributed by atoms with van der Waals surface area (Å²) in [5, 5.41) is 0. The van der Waals surface area contributed by atoms with Crippen LogP contribution in [0.15, 0.2) is 41.2 Å². The molecule has 2 aromatic rings. The van der Waals surface area contributed by atoms with Crippen molar-refractivity contribution >= 4 is 17.7 Å². The molecule has 1 aromatic heterocycles. The van der Waals surface area contributed by atoms with Gasteiger partial charge in [-0.05, 0) is 67.5 Å². The lowest BCUT2D eigenvalue weighted by molar-refractivity contribution is 0.0707. The highest BCUT2D eigenvalue weighted by molar-refractivity contribution is 6.09. The first kappa shape index (κ1) is 20.3. The number of nitrogens with two attached hydrogens (primary N) is 1. The Labute approximate surface area is 178 Å². The summed E-state index contributed by atoms with van der Waals surface area (Å²) in [4.78, 5) is 23.8. The van der Waals surface area contributed by atoms with Crippen molar-refractivity contribution < 1.29 is 4.79 Å². The summed E-state index contributed by atoms with van der Waals surface area (Å²) in [6.07, 6.45) is 9.15. The fourth-order valence-electron chi connectivity index (χ4n) is 4.66. The van der Waals surface area contributed by atoms with Crippen LogP contribution in [0.5, 0.6) is 0 Å². The molecule has 1 saturated carbocycles. The molecule has 1 aliphatic carbocycles. The lowest BCUT2D eigenvalue weighted by atomic mass is 9.96. The highest BCUT2D eigenvalue weighted by Gasteiger charge is 2.34. The first-order valence-corrected chi connectivity index (χ1v) is 10.7. The average Bonchev–Trinajstić information content (AvgIpc) is 3.36. The number of carbonyl (C=O) groups excluding carboxylic acids is 1. The van der Waals surface area contributed by atoms with Crippen molar-refractivity contribution in [2.45, 2.75) is 58.5 Å². The van der Waals surface area contributed by atoms with Crippen LogP contribution in [0.25, 0.3) is 5.57 Å². The van der Waals surface area contributed by atoms with Gasteiger partial charge < -0.3 is 10.6 Å². The summed E-state index contributed by atoms with van der Waals surface area (Å²) in [7, 11) is 1.73. The van der Waals surface area contributed by atoms with Crippen LogP contribution in [-0.4, -0.2) is 35.1 Å². The van der Waals surface area contributed by atoms with Gasteiger partial charge in [-0.15, -0.1) is 0 Å². The largest absolute Gasteiger partial charge is 0.402 e. The van der Waals surface area contributed by atoms with E-state index in [0.29, 0.717) is 11.7 Å². The zero-order valence-corrected chi connectivity index (χ0v) is 18.1. The lowest BCUT2D eigenvalue weighted by Crippen LogP contribution is -2.33. The van der Waals surface area contributed by atoms with Gasteiger partial charge in [0, 0.05) is 48.9 Å². The molecule has 0 spiro atoms. The van der Waals surface area contributed by atoms with Gasteiger partial charge in [0.15, 0.2) is 0 Å². The number of aromatic nitrogens is 1. The van der Waals surface area contributed by atoms with E-state index in [1.54, 1.807) is 13.3 Å². The van der Waals surface area contributed by atoms with Crippen LogP contribution >= 0.6 is 0 Å². The molecule has 0 atom stereocenters. The Morgan fingerprint density at radius 1 is 1.30 bits per heavy atom. The molecule has 0 saturated heterocycles. The lowest BCUT2D eigenvalue weighted by Gasteiger charge is -2.23. The highest BCUT2D eigenvalue weighted by atomic mass is 16.2. The van der Waals surface area contributed by atoms with Gasteiger partial charge in [-0.1, -0.05) is 25.0 Å². The van der Waals surface area contributed by atoms with E-state index in [1.807, 2.05) is 19.2 Å². The standard InChI is InChI=1S/C25H30N4O/c1-16-10-20-15-29(21-6-4-5-7-21)25(30)22(20)12-19(16)11-18-8-9-24(28-13-18)23(14-27-3)17(2)26/h8-10,12-14,21H,4-7,11,15,26H2,1-3H3. The monoisotopic (exact) mass is 402 g/mol. The Morgan fingerprint density at radius 2 is 2.07 bits per heavy atom. The van der Waals surface area contributed by atoms with Crippen molar-refractivity contribution in [2.24, 2.45) is 10.7 Å². The molecule has 2 aliphatic rings. The maximum atomic E-state index is 13.0. The third kappa shape index (κ3) is 3.89. The van der Waals surface area contributed by atoms with Crippen molar-refractivity contribution in [1.29, 1.82) is 0 Å². The number of benzene rings is 1. The summed E-state index contributed by atoms with van der Waals surface area (Å²) in [5.74, 6) is 0.207. The van der Waals surface area contributed by atoms with Crippen molar-refractivity contribution in [2.75, 3.05) is 7.05 Å². The number of pyridine rings is 1. The van der Waals surface area contributed by atoms with Crippen molar-refractivity contribution in [1.82, 2.24) is 9.88 Å². The van der Waals surface area contributed by atoms with E-state index in [2.05, 4.69) is 40.0 Å². The predicted octanol–water partition coefficient (Wildman–Crippen LogP) is 4.27. The van der Waals surface area contributed by atoms with Gasteiger partial charge in [0.1, 0.15) is 0 Å². The molecule has 5 heteroatoms. The number of hydrogen-bond acceptors (Lipinski definition) is 4. The van der Waals surface area contributed by atoms with Crippen LogP contribution in [0.3, 0.4) is 0 Å². The number of fused-ring (bicyclic) bond motifs is 1. The van der Waals surface area contributed by atoms with Crippen molar-refractivity contribution in [3.63, 3.8) is 0 Å². The minimum absolute atomic E-state index is 0.207. The summed E-state index contributed by atoms with van der Waals surface area (Å²) < 4.78 is 0. The number of carbonyl (C=O) groups is 1. The maximum absolute atomic E-state index is 13.0. The molecular weight excluding hydrogens is 372 g/mol. The van der Waals surface area contributed by atoms with Crippen LogP contribution in [0, 0.1) is 6.92 Å². The summed E-state index contributed by atoms with van der Waals surface area (Å²) >= 11 is 0.